The molecule has 1 rings (SSSR count). The van der Waals surface area contributed by atoms with Crippen LogP contribution in [0.2, 0.25) is 0 Å². The maximum Gasteiger partial charge on any atom is 0.303 e. The van der Waals surface area contributed by atoms with Crippen molar-refractivity contribution in [2.75, 3.05) is 0 Å². The molecule has 1 aromatic rings. The van der Waals surface area contributed by atoms with Crippen LogP contribution in [0.3, 0.4) is 0 Å². The summed E-state index contributed by atoms with van der Waals surface area (Å²) in [5.41, 5.74) is 1.27. The maximum atomic E-state index is 10.4. The second-order valence-electron chi connectivity index (χ2n) is 3.78. The van der Waals surface area contributed by atoms with Gasteiger partial charge in [-0.15, -0.1) is 0 Å². The van der Waals surface area contributed by atoms with Gasteiger partial charge in [0.15, 0.2) is 0 Å². The number of hydrogen-bond donors (Lipinski definition) is 2. The molecule has 0 bridgehead atoms. The molecule has 2 unspecified atom stereocenters. The molecule has 1 heterocycles. The largest absolute Gasteiger partial charge is 0.481 e. The van der Waals surface area contributed by atoms with Crippen LogP contribution in [0, 0.1) is 0 Å². The molecule has 0 amide bonds. The van der Waals surface area contributed by atoms with Gasteiger partial charge in [-0.3, -0.25) is 4.79 Å². The van der Waals surface area contributed by atoms with Crippen molar-refractivity contribution >= 4 is 17.3 Å². The fraction of sp³-hybridized carbons (Fsp3) is 0.545. The maximum absolute atomic E-state index is 10.4. The molecule has 0 aliphatic rings. The summed E-state index contributed by atoms with van der Waals surface area (Å²) in [6.07, 6.45) is 0.897. The predicted octanol–water partition coefficient (Wildman–Crippen LogP) is 2.65. The number of nitrogens with one attached hydrogen (secondary N) is 1. The molecule has 2 atom stereocenters. The first-order valence-corrected chi connectivity index (χ1v) is 6.04. The Bertz CT molecular complexity index is 298. The molecule has 3 nitrogen and oxygen atoms in total. The van der Waals surface area contributed by atoms with E-state index in [2.05, 4.69) is 29.1 Å². The summed E-state index contributed by atoms with van der Waals surface area (Å²) in [6.45, 7) is 4.12. The van der Waals surface area contributed by atoms with E-state index in [-0.39, 0.29) is 12.5 Å². The standard InChI is InChI=1S/C11H17NO2S/c1-8(3-4-11(13)14)12-9(2)10-5-6-15-7-10/h5-9,12H,3-4H2,1-2H3,(H,13,14). The van der Waals surface area contributed by atoms with E-state index in [9.17, 15) is 4.79 Å². The molecule has 0 fully saturated rings. The summed E-state index contributed by atoms with van der Waals surface area (Å²) in [6, 6.07) is 2.61. The average molecular weight is 227 g/mol. The van der Waals surface area contributed by atoms with Crippen molar-refractivity contribution < 1.29 is 9.90 Å². The smallest absolute Gasteiger partial charge is 0.303 e. The highest BCUT2D eigenvalue weighted by Crippen LogP contribution is 2.16. The Morgan fingerprint density at radius 1 is 1.60 bits per heavy atom. The number of rotatable bonds is 6. The first-order chi connectivity index (χ1) is 7.09. The molecule has 4 heteroatoms. The van der Waals surface area contributed by atoms with Crippen molar-refractivity contribution in [1.29, 1.82) is 0 Å². The molecule has 0 aromatic carbocycles. The molecule has 0 aliphatic heterocycles. The van der Waals surface area contributed by atoms with E-state index in [0.717, 1.165) is 0 Å². The van der Waals surface area contributed by atoms with Gasteiger partial charge in [0.25, 0.3) is 0 Å². The van der Waals surface area contributed by atoms with Crippen LogP contribution in [0.4, 0.5) is 0 Å². The van der Waals surface area contributed by atoms with Crippen molar-refractivity contribution in [3.8, 4) is 0 Å². The minimum Gasteiger partial charge on any atom is -0.481 e. The predicted molar refractivity (Wildman–Crippen MR) is 62.2 cm³/mol. The number of hydrogen-bond acceptors (Lipinski definition) is 3. The number of aliphatic carboxylic acids is 1. The lowest BCUT2D eigenvalue weighted by Crippen LogP contribution is -2.29. The number of carbonyl (C=O) groups is 1. The summed E-state index contributed by atoms with van der Waals surface area (Å²) in [4.78, 5) is 10.4. The summed E-state index contributed by atoms with van der Waals surface area (Å²) >= 11 is 1.68. The Hall–Kier alpha value is -0.870. The summed E-state index contributed by atoms with van der Waals surface area (Å²) in [5, 5.41) is 16.1. The molecule has 0 spiro atoms. The van der Waals surface area contributed by atoms with Gasteiger partial charge in [-0.2, -0.15) is 11.3 Å². The number of carboxylic acid groups (broad SMARTS) is 1. The second kappa shape index (κ2) is 5.88. The lowest BCUT2D eigenvalue weighted by atomic mass is 10.1. The lowest BCUT2D eigenvalue weighted by molar-refractivity contribution is -0.137. The van der Waals surface area contributed by atoms with Crippen molar-refractivity contribution in [3.05, 3.63) is 22.4 Å². The number of carboxylic acids is 1. The highest BCUT2D eigenvalue weighted by Gasteiger charge is 2.10. The highest BCUT2D eigenvalue weighted by atomic mass is 32.1. The molecule has 0 aliphatic carbocycles. The van der Waals surface area contributed by atoms with Crippen LogP contribution in [0.25, 0.3) is 0 Å². The van der Waals surface area contributed by atoms with Gasteiger partial charge in [-0.25, -0.2) is 0 Å². The highest BCUT2D eigenvalue weighted by molar-refractivity contribution is 7.07. The third-order valence-electron chi connectivity index (χ3n) is 2.37. The fourth-order valence-electron chi connectivity index (χ4n) is 1.47. The number of thiophene rings is 1. The fourth-order valence-corrected chi connectivity index (χ4v) is 2.22. The minimum absolute atomic E-state index is 0.227. The van der Waals surface area contributed by atoms with E-state index in [1.165, 1.54) is 5.56 Å². The van der Waals surface area contributed by atoms with Gasteiger partial charge in [0.2, 0.25) is 0 Å². The van der Waals surface area contributed by atoms with Gasteiger partial charge in [0, 0.05) is 18.5 Å². The molecule has 84 valence electrons. The Morgan fingerprint density at radius 3 is 2.87 bits per heavy atom. The van der Waals surface area contributed by atoms with E-state index in [1.807, 2.05) is 6.92 Å². The molecule has 1 aromatic heterocycles. The van der Waals surface area contributed by atoms with Gasteiger partial charge < -0.3 is 10.4 Å². The van der Waals surface area contributed by atoms with Crippen LogP contribution in [0.5, 0.6) is 0 Å². The van der Waals surface area contributed by atoms with Crippen molar-refractivity contribution in [1.82, 2.24) is 5.32 Å². The van der Waals surface area contributed by atoms with Gasteiger partial charge in [-0.1, -0.05) is 0 Å². The molecule has 15 heavy (non-hydrogen) atoms. The minimum atomic E-state index is -0.730. The van der Waals surface area contributed by atoms with Crippen molar-refractivity contribution in [3.63, 3.8) is 0 Å². The zero-order valence-corrected chi connectivity index (χ0v) is 9.88. The van der Waals surface area contributed by atoms with E-state index >= 15 is 0 Å². The van der Waals surface area contributed by atoms with Gasteiger partial charge in [0.1, 0.15) is 0 Å². The molecule has 0 saturated heterocycles. The summed E-state index contributed by atoms with van der Waals surface area (Å²) in [7, 11) is 0. The molecule has 0 saturated carbocycles. The van der Waals surface area contributed by atoms with Crippen LogP contribution >= 0.6 is 11.3 Å². The third-order valence-corrected chi connectivity index (χ3v) is 3.07. The molecular formula is C11H17NO2S. The molecular weight excluding hydrogens is 210 g/mol. The monoisotopic (exact) mass is 227 g/mol. The zero-order chi connectivity index (χ0) is 11.3. The molecule has 0 radical (unpaired) electrons. The Labute approximate surface area is 94.1 Å². The van der Waals surface area contributed by atoms with Crippen LogP contribution in [0.15, 0.2) is 16.8 Å². The van der Waals surface area contributed by atoms with E-state index in [0.29, 0.717) is 12.5 Å². The Kier molecular flexibility index (Phi) is 4.78. The van der Waals surface area contributed by atoms with Crippen molar-refractivity contribution in [2.45, 2.75) is 38.8 Å². The van der Waals surface area contributed by atoms with Crippen molar-refractivity contribution in [2.24, 2.45) is 0 Å². The summed E-state index contributed by atoms with van der Waals surface area (Å²) in [5.74, 6) is -0.730. The lowest BCUT2D eigenvalue weighted by Gasteiger charge is -2.18. The normalized spacial score (nSPS) is 14.8. The molecule has 2 N–H and O–H groups in total. The summed E-state index contributed by atoms with van der Waals surface area (Å²) < 4.78 is 0. The third kappa shape index (κ3) is 4.44. The van der Waals surface area contributed by atoms with Crippen LogP contribution in [0.1, 0.15) is 38.3 Å². The Balaban J connectivity index is 2.31. The first-order valence-electron chi connectivity index (χ1n) is 5.09. The topological polar surface area (TPSA) is 49.3 Å². The van der Waals surface area contributed by atoms with Gasteiger partial charge in [0.05, 0.1) is 0 Å². The van der Waals surface area contributed by atoms with Crippen LogP contribution in [-0.4, -0.2) is 17.1 Å². The second-order valence-corrected chi connectivity index (χ2v) is 4.56. The van der Waals surface area contributed by atoms with E-state index in [4.69, 9.17) is 5.11 Å². The van der Waals surface area contributed by atoms with Crippen LogP contribution < -0.4 is 5.32 Å². The van der Waals surface area contributed by atoms with E-state index in [1.54, 1.807) is 11.3 Å². The zero-order valence-electron chi connectivity index (χ0n) is 9.06. The van der Waals surface area contributed by atoms with Gasteiger partial charge in [-0.05, 0) is 42.7 Å². The van der Waals surface area contributed by atoms with Crippen LogP contribution in [-0.2, 0) is 4.79 Å². The van der Waals surface area contributed by atoms with E-state index < -0.39 is 5.97 Å². The Morgan fingerprint density at radius 2 is 2.33 bits per heavy atom. The average Bonchev–Trinajstić information content (AvgIpc) is 2.67. The van der Waals surface area contributed by atoms with Gasteiger partial charge >= 0.3 is 5.97 Å². The first kappa shape index (κ1) is 12.2. The quantitative estimate of drug-likeness (QED) is 0.785. The SMILES string of the molecule is CC(CCC(=O)O)NC(C)c1ccsc1.